The van der Waals surface area contributed by atoms with Gasteiger partial charge in [-0.25, -0.2) is 4.98 Å². The molecule has 0 radical (unpaired) electrons. The lowest BCUT2D eigenvalue weighted by Crippen LogP contribution is -2.34. The van der Waals surface area contributed by atoms with E-state index in [9.17, 15) is 0 Å². The first-order valence-corrected chi connectivity index (χ1v) is 8.23. The predicted molar refractivity (Wildman–Crippen MR) is 88.1 cm³/mol. The van der Waals surface area contributed by atoms with Crippen LogP contribution < -0.4 is 5.73 Å². The molecule has 3 heteroatoms. The average molecular weight is 288 g/mol. The lowest BCUT2D eigenvalue weighted by molar-refractivity contribution is 0.411. The Hall–Kier alpha value is -1.19. The van der Waals surface area contributed by atoms with E-state index in [1.807, 2.05) is 0 Å². The van der Waals surface area contributed by atoms with Crippen molar-refractivity contribution >= 4 is 11.3 Å². The Labute approximate surface area is 126 Å². The molecule has 1 aromatic heterocycles. The van der Waals surface area contributed by atoms with E-state index >= 15 is 0 Å². The summed E-state index contributed by atoms with van der Waals surface area (Å²) in [6, 6.07) is 8.69. The van der Waals surface area contributed by atoms with Crippen LogP contribution in [-0.2, 0) is 5.54 Å². The zero-order valence-electron chi connectivity index (χ0n) is 12.8. The van der Waals surface area contributed by atoms with E-state index in [4.69, 9.17) is 10.7 Å². The first-order valence-electron chi connectivity index (χ1n) is 7.35. The van der Waals surface area contributed by atoms with Gasteiger partial charge in [-0.15, -0.1) is 11.3 Å². The third-order valence-corrected chi connectivity index (χ3v) is 5.13. The molecule has 0 aliphatic carbocycles. The standard InChI is InChI=1S/C17H24N2S/c1-5-17(18,6-2)16-19-15(11-20-16)14-9-7-13(8-10-14)12(3)4/h7-12H,5-6,18H2,1-4H3. The van der Waals surface area contributed by atoms with Crippen molar-refractivity contribution < 1.29 is 0 Å². The fourth-order valence-electron chi connectivity index (χ4n) is 2.23. The van der Waals surface area contributed by atoms with Crippen molar-refractivity contribution in [3.8, 4) is 11.3 Å². The molecule has 0 atom stereocenters. The highest BCUT2D eigenvalue weighted by atomic mass is 32.1. The van der Waals surface area contributed by atoms with Crippen molar-refractivity contribution in [2.45, 2.75) is 52.0 Å². The first kappa shape index (κ1) is 15.2. The molecule has 1 heterocycles. The fourth-order valence-corrected chi connectivity index (χ4v) is 3.31. The number of hydrogen-bond donors (Lipinski definition) is 1. The van der Waals surface area contributed by atoms with E-state index < -0.39 is 0 Å². The summed E-state index contributed by atoms with van der Waals surface area (Å²) in [5, 5.41) is 3.16. The van der Waals surface area contributed by atoms with Crippen LogP contribution in [0.1, 0.15) is 57.0 Å². The normalized spacial score (nSPS) is 12.1. The molecule has 20 heavy (non-hydrogen) atoms. The molecule has 2 aromatic rings. The number of nitrogens with zero attached hydrogens (tertiary/aromatic N) is 1. The van der Waals surface area contributed by atoms with Crippen molar-refractivity contribution in [1.82, 2.24) is 4.98 Å². The van der Waals surface area contributed by atoms with Gasteiger partial charge in [0, 0.05) is 10.9 Å². The summed E-state index contributed by atoms with van der Waals surface area (Å²) in [6.45, 7) is 8.67. The quantitative estimate of drug-likeness (QED) is 0.849. The first-order chi connectivity index (χ1) is 9.50. The summed E-state index contributed by atoms with van der Waals surface area (Å²) < 4.78 is 0. The van der Waals surface area contributed by atoms with E-state index in [1.165, 1.54) is 11.1 Å². The molecule has 0 bridgehead atoms. The van der Waals surface area contributed by atoms with Gasteiger partial charge < -0.3 is 5.73 Å². The van der Waals surface area contributed by atoms with Crippen LogP contribution in [-0.4, -0.2) is 4.98 Å². The molecule has 0 saturated carbocycles. The van der Waals surface area contributed by atoms with E-state index in [1.54, 1.807) is 11.3 Å². The molecular formula is C17H24N2S. The van der Waals surface area contributed by atoms with Crippen LogP contribution >= 0.6 is 11.3 Å². The molecular weight excluding hydrogens is 264 g/mol. The lowest BCUT2D eigenvalue weighted by atomic mass is 9.95. The molecule has 0 unspecified atom stereocenters. The molecule has 0 aliphatic heterocycles. The molecule has 0 spiro atoms. The number of benzene rings is 1. The zero-order chi connectivity index (χ0) is 14.8. The number of hydrogen-bond acceptors (Lipinski definition) is 3. The van der Waals surface area contributed by atoms with E-state index in [-0.39, 0.29) is 5.54 Å². The van der Waals surface area contributed by atoms with Crippen LogP contribution in [0, 0.1) is 0 Å². The summed E-state index contributed by atoms with van der Waals surface area (Å²) >= 11 is 1.67. The van der Waals surface area contributed by atoms with Crippen LogP contribution in [0.5, 0.6) is 0 Å². The summed E-state index contributed by atoms with van der Waals surface area (Å²) in [5.74, 6) is 0.562. The lowest BCUT2D eigenvalue weighted by Gasteiger charge is -2.23. The topological polar surface area (TPSA) is 38.9 Å². The Balaban J connectivity index is 2.29. The van der Waals surface area contributed by atoms with Gasteiger partial charge in [0.2, 0.25) is 0 Å². The summed E-state index contributed by atoms with van der Waals surface area (Å²) in [6.07, 6.45) is 1.84. The molecule has 2 N–H and O–H groups in total. The van der Waals surface area contributed by atoms with Crippen molar-refractivity contribution in [2.24, 2.45) is 5.73 Å². The van der Waals surface area contributed by atoms with Gasteiger partial charge >= 0.3 is 0 Å². The van der Waals surface area contributed by atoms with Gasteiger partial charge in [-0.3, -0.25) is 0 Å². The number of nitrogens with two attached hydrogens (primary N) is 1. The molecule has 108 valence electrons. The third-order valence-electron chi connectivity index (χ3n) is 4.07. The zero-order valence-corrected chi connectivity index (χ0v) is 13.6. The SMILES string of the molecule is CCC(N)(CC)c1nc(-c2ccc(C(C)C)cc2)cs1. The van der Waals surface area contributed by atoms with Gasteiger partial charge in [0.1, 0.15) is 5.01 Å². The number of rotatable bonds is 5. The average Bonchev–Trinajstić information content (AvgIpc) is 2.97. The minimum absolute atomic E-state index is 0.277. The smallest absolute Gasteiger partial charge is 0.113 e. The van der Waals surface area contributed by atoms with E-state index in [0.29, 0.717) is 5.92 Å². The fraction of sp³-hybridized carbons (Fsp3) is 0.471. The van der Waals surface area contributed by atoms with E-state index in [0.717, 1.165) is 23.5 Å². The van der Waals surface area contributed by atoms with E-state index in [2.05, 4.69) is 57.3 Å². The molecule has 0 amide bonds. The van der Waals surface area contributed by atoms with Gasteiger partial charge in [0.15, 0.2) is 0 Å². The Bertz CT molecular complexity index is 551. The second kappa shape index (κ2) is 6.06. The highest BCUT2D eigenvalue weighted by molar-refractivity contribution is 7.10. The second-order valence-electron chi connectivity index (χ2n) is 5.68. The van der Waals surface area contributed by atoms with Crippen molar-refractivity contribution in [2.75, 3.05) is 0 Å². The molecule has 0 saturated heterocycles. The Morgan fingerprint density at radius 1 is 1.15 bits per heavy atom. The van der Waals surface area contributed by atoms with Crippen molar-refractivity contribution in [3.05, 3.63) is 40.2 Å². The Morgan fingerprint density at radius 2 is 1.75 bits per heavy atom. The molecule has 2 rings (SSSR count). The van der Waals surface area contributed by atoms with Gasteiger partial charge in [-0.2, -0.15) is 0 Å². The minimum Gasteiger partial charge on any atom is -0.319 e. The van der Waals surface area contributed by atoms with Crippen molar-refractivity contribution in [3.63, 3.8) is 0 Å². The Morgan fingerprint density at radius 3 is 2.25 bits per heavy atom. The maximum Gasteiger partial charge on any atom is 0.113 e. The predicted octanol–water partition coefficient (Wildman–Crippen LogP) is 4.91. The molecule has 1 aromatic carbocycles. The van der Waals surface area contributed by atoms with Gasteiger partial charge in [0.05, 0.1) is 11.2 Å². The van der Waals surface area contributed by atoms with Crippen LogP contribution in [0.3, 0.4) is 0 Å². The Kier molecular flexibility index (Phi) is 4.61. The number of aromatic nitrogens is 1. The van der Waals surface area contributed by atoms with Crippen LogP contribution in [0.15, 0.2) is 29.6 Å². The number of thiazole rings is 1. The minimum atomic E-state index is -0.277. The van der Waals surface area contributed by atoms with Gasteiger partial charge in [-0.1, -0.05) is 52.0 Å². The summed E-state index contributed by atoms with van der Waals surface area (Å²) in [4.78, 5) is 4.76. The van der Waals surface area contributed by atoms with Crippen molar-refractivity contribution in [1.29, 1.82) is 0 Å². The largest absolute Gasteiger partial charge is 0.319 e. The van der Waals surface area contributed by atoms with Crippen LogP contribution in [0.25, 0.3) is 11.3 Å². The molecule has 0 aliphatic rings. The summed E-state index contributed by atoms with van der Waals surface area (Å²) in [5.41, 5.74) is 9.72. The summed E-state index contributed by atoms with van der Waals surface area (Å²) in [7, 11) is 0. The third kappa shape index (κ3) is 2.94. The van der Waals surface area contributed by atoms with Gasteiger partial charge in [-0.05, 0) is 24.3 Å². The maximum absolute atomic E-state index is 6.42. The maximum atomic E-state index is 6.42. The van der Waals surface area contributed by atoms with Gasteiger partial charge in [0.25, 0.3) is 0 Å². The highest BCUT2D eigenvalue weighted by Crippen LogP contribution is 2.32. The van der Waals surface area contributed by atoms with Crippen LogP contribution in [0.4, 0.5) is 0 Å². The highest BCUT2D eigenvalue weighted by Gasteiger charge is 2.26. The molecule has 0 fully saturated rings. The monoisotopic (exact) mass is 288 g/mol. The van der Waals surface area contributed by atoms with Crippen LogP contribution in [0.2, 0.25) is 0 Å². The second-order valence-corrected chi connectivity index (χ2v) is 6.54. The molecule has 2 nitrogen and oxygen atoms in total.